The Balaban J connectivity index is 0.00000280. The van der Waals surface area contributed by atoms with Crippen molar-refractivity contribution >= 4 is 59.1 Å². The fraction of sp³-hybridized carbons (Fsp3) is 0.407. The Morgan fingerprint density at radius 2 is 1.90 bits per heavy atom. The second-order valence-corrected chi connectivity index (χ2v) is 11.3. The standard InChI is InChI=1S/C27H30F3N3O4S.2H2S/c1-18-14-19(11-13-37-18)32-23-7-4-8-25-22(23)15-20(33(25)17-27(28,29)30)6-5-12-31-24-10-9-21(38(3,34)35)16-26(24)36-2;;/h4,7-10,15-16,18-19,31-32H,11-14,17H2,1-3H3;2*1H2/t18-,19-;;/m0../s1. The Morgan fingerprint density at radius 1 is 1.15 bits per heavy atom. The van der Waals surface area contributed by atoms with Gasteiger partial charge in [-0.05, 0) is 56.0 Å². The van der Waals surface area contributed by atoms with Crippen LogP contribution in [0.1, 0.15) is 25.5 Å². The van der Waals surface area contributed by atoms with E-state index in [1.165, 1.54) is 23.8 Å². The number of anilines is 2. The fourth-order valence-electron chi connectivity index (χ4n) is 4.53. The normalized spacial score (nSPS) is 17.1. The maximum atomic E-state index is 13.5. The van der Waals surface area contributed by atoms with Crippen LogP contribution in [-0.2, 0) is 21.1 Å². The molecule has 7 nitrogen and oxygen atoms in total. The van der Waals surface area contributed by atoms with Gasteiger partial charge in [-0.3, -0.25) is 0 Å². The second kappa shape index (κ2) is 13.8. The van der Waals surface area contributed by atoms with Crippen molar-refractivity contribution in [2.75, 3.05) is 37.2 Å². The smallest absolute Gasteiger partial charge is 0.406 e. The molecule has 2 heterocycles. The van der Waals surface area contributed by atoms with E-state index in [4.69, 9.17) is 9.47 Å². The minimum Gasteiger partial charge on any atom is -0.495 e. The lowest BCUT2D eigenvalue weighted by Crippen LogP contribution is -2.32. The van der Waals surface area contributed by atoms with Crippen molar-refractivity contribution in [3.8, 4) is 17.6 Å². The third-order valence-corrected chi connectivity index (χ3v) is 7.42. The highest BCUT2D eigenvalue weighted by molar-refractivity contribution is 7.90. The number of hydrogen-bond acceptors (Lipinski definition) is 6. The van der Waals surface area contributed by atoms with Gasteiger partial charge in [0.1, 0.15) is 12.3 Å². The lowest BCUT2D eigenvalue weighted by atomic mass is 10.0. The Bertz CT molecular complexity index is 1480. The van der Waals surface area contributed by atoms with Crippen LogP contribution in [0.15, 0.2) is 47.4 Å². The van der Waals surface area contributed by atoms with Gasteiger partial charge in [0.15, 0.2) is 9.84 Å². The number of aromatic nitrogens is 1. The van der Waals surface area contributed by atoms with Gasteiger partial charge in [0.25, 0.3) is 0 Å². The molecule has 4 rings (SSSR count). The highest BCUT2D eigenvalue weighted by atomic mass is 32.2. The van der Waals surface area contributed by atoms with Gasteiger partial charge in [-0.1, -0.05) is 12.0 Å². The number of halogens is 3. The Labute approximate surface area is 246 Å². The SMILES string of the molecule is COc1cc(S(C)(=O)=O)ccc1NCC#Cc1cc2c(N[C@H]3CCO[C@@H](C)C3)cccc2n1CC(F)(F)F.S.S. The number of nitrogens with zero attached hydrogens (tertiary/aromatic N) is 1. The van der Waals surface area contributed by atoms with Crippen LogP contribution in [0, 0.1) is 11.8 Å². The lowest BCUT2D eigenvalue weighted by Gasteiger charge is -2.29. The van der Waals surface area contributed by atoms with Crippen LogP contribution in [0.4, 0.5) is 24.5 Å². The van der Waals surface area contributed by atoms with Gasteiger partial charge in [0.2, 0.25) is 0 Å². The van der Waals surface area contributed by atoms with Crippen LogP contribution in [0.3, 0.4) is 0 Å². The number of sulfone groups is 1. The average Bonchev–Trinajstić information content (AvgIpc) is 3.18. The summed E-state index contributed by atoms with van der Waals surface area (Å²) in [7, 11) is -1.99. The summed E-state index contributed by atoms with van der Waals surface area (Å²) >= 11 is 0. The van der Waals surface area contributed by atoms with Crippen LogP contribution < -0.4 is 15.4 Å². The van der Waals surface area contributed by atoms with Gasteiger partial charge in [0.05, 0.1) is 41.6 Å². The monoisotopic (exact) mass is 617 g/mol. The fourth-order valence-corrected chi connectivity index (χ4v) is 5.17. The van der Waals surface area contributed by atoms with E-state index in [9.17, 15) is 21.6 Å². The number of hydrogen-bond donors (Lipinski definition) is 2. The van der Waals surface area contributed by atoms with Gasteiger partial charge in [-0.25, -0.2) is 8.42 Å². The molecule has 0 aliphatic carbocycles. The summed E-state index contributed by atoms with van der Waals surface area (Å²) in [6.45, 7) is 1.58. The van der Waals surface area contributed by atoms with E-state index in [2.05, 4.69) is 22.5 Å². The maximum Gasteiger partial charge on any atom is 0.406 e. The van der Waals surface area contributed by atoms with Crippen molar-refractivity contribution in [1.82, 2.24) is 4.57 Å². The summed E-state index contributed by atoms with van der Waals surface area (Å²) in [5.74, 6) is 6.07. The van der Waals surface area contributed by atoms with Gasteiger partial charge in [-0.2, -0.15) is 40.2 Å². The summed E-state index contributed by atoms with van der Waals surface area (Å²) in [5.41, 5.74) is 1.97. The first-order valence-electron chi connectivity index (χ1n) is 12.1. The largest absolute Gasteiger partial charge is 0.495 e. The number of benzene rings is 2. The molecular formula is C27H34F3N3O4S3. The summed E-state index contributed by atoms with van der Waals surface area (Å²) in [5, 5.41) is 7.19. The van der Waals surface area contributed by atoms with Gasteiger partial charge in [0, 0.05) is 36.0 Å². The van der Waals surface area contributed by atoms with Crippen molar-refractivity contribution in [2.45, 2.75) is 49.5 Å². The molecule has 2 atom stereocenters. The van der Waals surface area contributed by atoms with Gasteiger partial charge >= 0.3 is 6.18 Å². The van der Waals surface area contributed by atoms with E-state index in [1.807, 2.05) is 13.0 Å². The van der Waals surface area contributed by atoms with E-state index in [0.29, 0.717) is 28.9 Å². The Hall–Kier alpha value is -2.66. The molecule has 1 fully saturated rings. The molecule has 1 aromatic heterocycles. The van der Waals surface area contributed by atoms with Crippen LogP contribution >= 0.6 is 27.0 Å². The number of alkyl halides is 3. The molecule has 0 saturated carbocycles. The number of fused-ring (bicyclic) bond motifs is 1. The molecule has 2 N–H and O–H groups in total. The number of rotatable bonds is 7. The van der Waals surface area contributed by atoms with Crippen molar-refractivity contribution in [3.05, 3.63) is 48.2 Å². The van der Waals surface area contributed by atoms with E-state index < -0.39 is 22.6 Å². The molecular weight excluding hydrogens is 584 g/mol. The summed E-state index contributed by atoms with van der Waals surface area (Å²) in [6, 6.07) is 11.5. The summed E-state index contributed by atoms with van der Waals surface area (Å²) < 4.78 is 76.1. The maximum absolute atomic E-state index is 13.5. The van der Waals surface area contributed by atoms with E-state index >= 15 is 0 Å². The van der Waals surface area contributed by atoms with Crippen molar-refractivity contribution in [3.63, 3.8) is 0 Å². The first-order valence-corrected chi connectivity index (χ1v) is 14.0. The van der Waals surface area contributed by atoms with E-state index in [1.54, 1.807) is 24.3 Å². The van der Waals surface area contributed by atoms with Crippen molar-refractivity contribution in [2.24, 2.45) is 0 Å². The zero-order valence-electron chi connectivity index (χ0n) is 22.4. The molecule has 1 aliphatic rings. The number of methoxy groups -OCH3 is 1. The quantitative estimate of drug-likeness (QED) is 0.351. The predicted octanol–water partition coefficient (Wildman–Crippen LogP) is 5.28. The van der Waals surface area contributed by atoms with Crippen LogP contribution in [0.25, 0.3) is 10.9 Å². The molecule has 2 aromatic carbocycles. The van der Waals surface area contributed by atoms with Crippen molar-refractivity contribution in [1.29, 1.82) is 0 Å². The van der Waals surface area contributed by atoms with E-state index in [-0.39, 0.29) is 56.3 Å². The van der Waals surface area contributed by atoms with Crippen molar-refractivity contribution < 1.29 is 31.1 Å². The number of nitrogens with one attached hydrogen (secondary N) is 2. The Kier molecular flexibility index (Phi) is 11.6. The molecule has 13 heteroatoms. The third kappa shape index (κ3) is 8.42. The molecule has 1 saturated heterocycles. The molecule has 0 spiro atoms. The number of ether oxygens (including phenoxy) is 2. The zero-order chi connectivity index (χ0) is 27.5. The van der Waals surface area contributed by atoms with Crippen LogP contribution in [0.2, 0.25) is 0 Å². The predicted molar refractivity (Wildman–Crippen MR) is 162 cm³/mol. The lowest BCUT2D eigenvalue weighted by molar-refractivity contribution is -0.140. The molecule has 220 valence electrons. The molecule has 0 bridgehead atoms. The topological polar surface area (TPSA) is 81.6 Å². The van der Waals surface area contributed by atoms with Crippen LogP contribution in [0.5, 0.6) is 5.75 Å². The first kappa shape index (κ1) is 33.5. The Morgan fingerprint density at radius 3 is 2.55 bits per heavy atom. The molecule has 1 aliphatic heterocycles. The van der Waals surface area contributed by atoms with E-state index in [0.717, 1.165) is 24.8 Å². The summed E-state index contributed by atoms with van der Waals surface area (Å²) in [6.07, 6.45) is -1.57. The molecule has 0 radical (unpaired) electrons. The minimum atomic E-state index is -4.42. The second-order valence-electron chi connectivity index (χ2n) is 9.31. The molecule has 0 amide bonds. The minimum absolute atomic E-state index is 0. The van der Waals surface area contributed by atoms with Gasteiger partial charge < -0.3 is 24.7 Å². The molecule has 3 aromatic rings. The van der Waals surface area contributed by atoms with Crippen LogP contribution in [-0.4, -0.2) is 57.8 Å². The third-order valence-electron chi connectivity index (χ3n) is 6.31. The summed E-state index contributed by atoms with van der Waals surface area (Å²) in [4.78, 5) is 0.113. The molecule has 40 heavy (non-hydrogen) atoms. The zero-order valence-corrected chi connectivity index (χ0v) is 25.2. The van der Waals surface area contributed by atoms with Gasteiger partial charge in [-0.15, -0.1) is 0 Å². The highest BCUT2D eigenvalue weighted by Crippen LogP contribution is 2.32. The highest BCUT2D eigenvalue weighted by Gasteiger charge is 2.30. The molecule has 0 unspecified atom stereocenters. The first-order chi connectivity index (χ1) is 17.9. The average molecular weight is 618 g/mol.